The van der Waals surface area contributed by atoms with Crippen LogP contribution in [0, 0.1) is 6.92 Å². The summed E-state index contributed by atoms with van der Waals surface area (Å²) in [6, 6.07) is 8.06. The number of halogens is 2. The minimum atomic E-state index is -1.14. The summed E-state index contributed by atoms with van der Waals surface area (Å²) in [5.74, 6) is -1.64. The molecule has 0 radical (unpaired) electrons. The van der Waals surface area contributed by atoms with Crippen LogP contribution in [0.2, 0.25) is 10.0 Å². The summed E-state index contributed by atoms with van der Waals surface area (Å²) >= 11 is 12.1. The summed E-state index contributed by atoms with van der Waals surface area (Å²) in [5, 5.41) is 12.3. The Morgan fingerprint density at radius 2 is 1.83 bits per heavy atom. The molecule has 0 saturated heterocycles. The molecule has 0 unspecified atom stereocenters. The number of rotatable bonds is 3. The number of nitrogens with zero attached hydrogens (tertiary/aromatic N) is 2. The number of fused-ring (bicyclic) bond motifs is 1. The maximum Gasteiger partial charge on any atom is 0.356 e. The van der Waals surface area contributed by atoms with Gasteiger partial charge in [-0.3, -0.25) is 4.79 Å². The van der Waals surface area contributed by atoms with Crippen LogP contribution in [-0.4, -0.2) is 26.4 Å². The Morgan fingerprint density at radius 1 is 1.17 bits per heavy atom. The molecule has 0 aliphatic heterocycles. The van der Waals surface area contributed by atoms with E-state index in [1.54, 1.807) is 47.9 Å². The number of hydrogen-bond donors (Lipinski definition) is 2. The van der Waals surface area contributed by atoms with Gasteiger partial charge in [-0.05, 0) is 31.2 Å². The van der Waals surface area contributed by atoms with Crippen LogP contribution < -0.4 is 5.32 Å². The van der Waals surface area contributed by atoms with Crippen molar-refractivity contribution in [2.24, 2.45) is 0 Å². The molecule has 3 aromatic rings. The Hall–Kier alpha value is -2.57. The van der Waals surface area contributed by atoms with E-state index < -0.39 is 11.9 Å². The zero-order chi connectivity index (χ0) is 17.4. The van der Waals surface area contributed by atoms with Crippen molar-refractivity contribution in [1.29, 1.82) is 0 Å². The lowest BCUT2D eigenvalue weighted by Crippen LogP contribution is -2.14. The van der Waals surface area contributed by atoms with Gasteiger partial charge in [0.25, 0.3) is 5.91 Å². The fourth-order valence-corrected chi connectivity index (χ4v) is 2.95. The molecule has 3 rings (SSSR count). The zero-order valence-electron chi connectivity index (χ0n) is 12.4. The van der Waals surface area contributed by atoms with Crippen LogP contribution in [0.4, 0.5) is 5.69 Å². The third kappa shape index (κ3) is 2.70. The van der Waals surface area contributed by atoms with E-state index in [4.69, 9.17) is 23.2 Å². The van der Waals surface area contributed by atoms with Gasteiger partial charge in [-0.25, -0.2) is 9.78 Å². The van der Waals surface area contributed by atoms with Crippen LogP contribution >= 0.6 is 23.2 Å². The molecular weight excluding hydrogens is 353 g/mol. The summed E-state index contributed by atoms with van der Waals surface area (Å²) < 4.78 is 1.59. The molecule has 2 aromatic heterocycles. The summed E-state index contributed by atoms with van der Waals surface area (Å²) in [5.41, 5.74) is 1.21. The zero-order valence-corrected chi connectivity index (χ0v) is 13.9. The molecule has 0 fully saturated rings. The first kappa shape index (κ1) is 16.3. The summed E-state index contributed by atoms with van der Waals surface area (Å²) in [7, 11) is 0. The first-order valence-electron chi connectivity index (χ1n) is 6.86. The molecule has 0 spiro atoms. The number of aromatic nitrogens is 2. The van der Waals surface area contributed by atoms with Crippen molar-refractivity contribution in [3.05, 3.63) is 63.5 Å². The maximum atomic E-state index is 12.5. The third-order valence-electron chi connectivity index (χ3n) is 3.53. The van der Waals surface area contributed by atoms with Crippen molar-refractivity contribution in [2.45, 2.75) is 6.92 Å². The molecule has 1 aromatic carbocycles. The van der Waals surface area contributed by atoms with Crippen molar-refractivity contribution in [1.82, 2.24) is 9.38 Å². The topological polar surface area (TPSA) is 83.7 Å². The number of carboxylic acids is 1. The molecule has 122 valence electrons. The fourth-order valence-electron chi connectivity index (χ4n) is 2.39. The number of benzene rings is 1. The Morgan fingerprint density at radius 3 is 2.46 bits per heavy atom. The number of hydrogen-bond acceptors (Lipinski definition) is 3. The van der Waals surface area contributed by atoms with Crippen LogP contribution in [0.3, 0.4) is 0 Å². The number of carbonyl (C=O) groups excluding carboxylic acids is 1. The highest BCUT2D eigenvalue weighted by atomic mass is 35.5. The van der Waals surface area contributed by atoms with E-state index in [-0.39, 0.29) is 21.3 Å². The van der Waals surface area contributed by atoms with E-state index in [1.165, 1.54) is 0 Å². The number of pyridine rings is 1. The molecule has 0 aliphatic rings. The highest BCUT2D eigenvalue weighted by Gasteiger charge is 2.19. The van der Waals surface area contributed by atoms with Crippen molar-refractivity contribution < 1.29 is 14.7 Å². The Balaban J connectivity index is 2.06. The first-order valence-corrected chi connectivity index (χ1v) is 7.62. The standard InChI is InChI=1S/C16H11Cl2N3O3/c1-8-13(16(23)24)20-14-11(6-3-7-21(8)14)19-15(22)12-9(17)4-2-5-10(12)18/h2-7H,1H3,(H,19,22)(H,23,24). The van der Waals surface area contributed by atoms with Gasteiger partial charge in [0.05, 0.1) is 27.0 Å². The van der Waals surface area contributed by atoms with Gasteiger partial charge in [0.15, 0.2) is 11.3 Å². The number of aryl methyl sites for hydroxylation is 1. The van der Waals surface area contributed by atoms with Gasteiger partial charge in [-0.1, -0.05) is 29.3 Å². The number of imidazole rings is 1. The van der Waals surface area contributed by atoms with Gasteiger partial charge in [-0.2, -0.15) is 0 Å². The second-order valence-corrected chi connectivity index (χ2v) is 5.83. The van der Waals surface area contributed by atoms with Crippen molar-refractivity contribution >= 4 is 46.4 Å². The summed E-state index contributed by atoms with van der Waals surface area (Å²) in [6.07, 6.45) is 1.67. The lowest BCUT2D eigenvalue weighted by atomic mass is 10.2. The SMILES string of the molecule is Cc1c(C(=O)O)nc2c(NC(=O)c3c(Cl)cccc3Cl)cccn12. The third-order valence-corrected chi connectivity index (χ3v) is 4.16. The number of aromatic carboxylic acids is 1. The Kier molecular flexibility index (Phi) is 4.17. The van der Waals surface area contributed by atoms with E-state index in [9.17, 15) is 14.7 Å². The summed E-state index contributed by atoms with van der Waals surface area (Å²) in [6.45, 7) is 1.64. The fraction of sp³-hybridized carbons (Fsp3) is 0.0625. The van der Waals surface area contributed by atoms with Crippen LogP contribution in [-0.2, 0) is 0 Å². The van der Waals surface area contributed by atoms with Gasteiger partial charge in [0, 0.05) is 6.20 Å². The molecular formula is C16H11Cl2N3O3. The molecule has 2 heterocycles. The highest BCUT2D eigenvalue weighted by molar-refractivity contribution is 6.40. The molecule has 0 saturated carbocycles. The van der Waals surface area contributed by atoms with Gasteiger partial charge in [0.1, 0.15) is 0 Å². The molecule has 0 atom stereocenters. The van der Waals surface area contributed by atoms with Gasteiger partial charge >= 0.3 is 5.97 Å². The van der Waals surface area contributed by atoms with Gasteiger partial charge in [-0.15, -0.1) is 0 Å². The monoisotopic (exact) mass is 363 g/mol. The van der Waals surface area contributed by atoms with Gasteiger partial charge < -0.3 is 14.8 Å². The smallest absolute Gasteiger partial charge is 0.356 e. The predicted molar refractivity (Wildman–Crippen MR) is 91.3 cm³/mol. The minimum Gasteiger partial charge on any atom is -0.476 e. The molecule has 0 bridgehead atoms. The largest absolute Gasteiger partial charge is 0.476 e. The number of carboxylic acid groups (broad SMARTS) is 1. The van der Waals surface area contributed by atoms with Crippen molar-refractivity contribution in [3.8, 4) is 0 Å². The van der Waals surface area contributed by atoms with Crippen molar-refractivity contribution in [3.63, 3.8) is 0 Å². The Bertz CT molecular complexity index is 962. The van der Waals surface area contributed by atoms with E-state index >= 15 is 0 Å². The van der Waals surface area contributed by atoms with Gasteiger partial charge in [0.2, 0.25) is 0 Å². The second-order valence-electron chi connectivity index (χ2n) is 5.02. The number of nitrogens with one attached hydrogen (secondary N) is 1. The van der Waals surface area contributed by atoms with Crippen molar-refractivity contribution in [2.75, 3.05) is 5.32 Å². The average molecular weight is 364 g/mol. The van der Waals surface area contributed by atoms with Crippen LogP contribution in [0.5, 0.6) is 0 Å². The molecule has 0 aliphatic carbocycles. The number of amides is 1. The van der Waals surface area contributed by atoms with Crippen LogP contribution in [0.15, 0.2) is 36.5 Å². The minimum absolute atomic E-state index is 0.0764. The molecule has 24 heavy (non-hydrogen) atoms. The second kappa shape index (κ2) is 6.14. The van der Waals surface area contributed by atoms with E-state index in [0.29, 0.717) is 17.0 Å². The molecule has 6 nitrogen and oxygen atoms in total. The number of carbonyl (C=O) groups is 2. The maximum absolute atomic E-state index is 12.5. The lowest BCUT2D eigenvalue weighted by Gasteiger charge is -2.09. The summed E-state index contributed by atoms with van der Waals surface area (Å²) in [4.78, 5) is 27.8. The number of anilines is 1. The average Bonchev–Trinajstić information content (AvgIpc) is 2.86. The van der Waals surface area contributed by atoms with Crippen LogP contribution in [0.1, 0.15) is 26.5 Å². The quantitative estimate of drug-likeness (QED) is 0.738. The van der Waals surface area contributed by atoms with E-state index in [2.05, 4.69) is 10.3 Å². The first-order chi connectivity index (χ1) is 11.4. The molecule has 1 amide bonds. The predicted octanol–water partition coefficient (Wildman–Crippen LogP) is 3.90. The molecule has 2 N–H and O–H groups in total. The molecule has 8 heteroatoms. The lowest BCUT2D eigenvalue weighted by molar-refractivity contribution is 0.0690. The van der Waals surface area contributed by atoms with Crippen LogP contribution in [0.25, 0.3) is 5.65 Å². The van der Waals surface area contributed by atoms with E-state index in [1.807, 2.05) is 0 Å². The Labute approximate surface area is 146 Å². The van der Waals surface area contributed by atoms with E-state index in [0.717, 1.165) is 0 Å². The highest BCUT2D eigenvalue weighted by Crippen LogP contribution is 2.26. The normalized spacial score (nSPS) is 10.8.